The molecule has 0 radical (unpaired) electrons. The summed E-state index contributed by atoms with van der Waals surface area (Å²) in [7, 11) is 0. The highest BCUT2D eigenvalue weighted by Gasteiger charge is 2.14. The van der Waals surface area contributed by atoms with Gasteiger partial charge in [0.25, 0.3) is 0 Å². The number of aromatic hydroxyl groups is 1. The third-order valence-corrected chi connectivity index (χ3v) is 3.53. The maximum atomic E-state index is 13.1. The molecule has 0 spiro atoms. The van der Waals surface area contributed by atoms with E-state index in [1.807, 2.05) is 24.3 Å². The van der Waals surface area contributed by atoms with Crippen LogP contribution in [0.1, 0.15) is 0 Å². The molecule has 24 heavy (non-hydrogen) atoms. The number of hydrogen-bond donors (Lipinski definition) is 1. The van der Waals surface area contributed by atoms with Crippen LogP contribution in [0.25, 0.3) is 11.3 Å². The number of hydrogen-bond acceptors (Lipinski definition) is 5. The Hall–Kier alpha value is -3.28. The number of rotatable bonds is 3. The second kappa shape index (κ2) is 5.73. The van der Waals surface area contributed by atoms with Gasteiger partial charge in [-0.1, -0.05) is 6.07 Å². The lowest BCUT2D eigenvalue weighted by atomic mass is 10.1. The largest absolute Gasteiger partial charge is 0.505 e. The van der Waals surface area contributed by atoms with Crippen LogP contribution in [-0.2, 0) is 0 Å². The summed E-state index contributed by atoms with van der Waals surface area (Å²) in [6, 6.07) is 14.6. The number of aromatic nitrogens is 1. The van der Waals surface area contributed by atoms with E-state index in [9.17, 15) is 9.50 Å². The first-order valence-corrected chi connectivity index (χ1v) is 7.22. The number of fused-ring (bicyclic) bond motifs is 1. The Morgan fingerprint density at radius 3 is 2.75 bits per heavy atom. The minimum absolute atomic E-state index is 0.212. The van der Waals surface area contributed by atoms with Gasteiger partial charge in [-0.3, -0.25) is 0 Å². The zero-order valence-electron chi connectivity index (χ0n) is 12.4. The molecule has 0 aliphatic carbocycles. The Morgan fingerprint density at radius 1 is 1.00 bits per heavy atom. The SMILES string of the molecule is Oc1cc(Oc2cccc(-c3ccc4c(c3)OCO4)n2)ccc1F. The first-order valence-electron chi connectivity index (χ1n) is 7.22. The Morgan fingerprint density at radius 2 is 1.88 bits per heavy atom. The van der Waals surface area contributed by atoms with Gasteiger partial charge < -0.3 is 19.3 Å². The second-order valence-electron chi connectivity index (χ2n) is 5.14. The van der Waals surface area contributed by atoms with Gasteiger partial charge in [-0.15, -0.1) is 0 Å². The zero-order valence-corrected chi connectivity index (χ0v) is 12.4. The van der Waals surface area contributed by atoms with Crippen molar-refractivity contribution in [2.75, 3.05) is 6.79 Å². The molecule has 2 heterocycles. The van der Waals surface area contributed by atoms with E-state index in [-0.39, 0.29) is 6.79 Å². The molecule has 4 rings (SSSR count). The lowest BCUT2D eigenvalue weighted by Crippen LogP contribution is -1.93. The first-order chi connectivity index (χ1) is 11.7. The highest BCUT2D eigenvalue weighted by molar-refractivity contribution is 5.64. The predicted octanol–water partition coefficient (Wildman–Crippen LogP) is 4.11. The fourth-order valence-electron chi connectivity index (χ4n) is 2.37. The van der Waals surface area contributed by atoms with Crippen molar-refractivity contribution in [3.8, 4) is 40.1 Å². The Labute approximate surface area is 136 Å². The summed E-state index contributed by atoms with van der Waals surface area (Å²) >= 11 is 0. The monoisotopic (exact) mass is 325 g/mol. The lowest BCUT2D eigenvalue weighted by Gasteiger charge is -2.08. The molecular formula is C18H12FNO4. The minimum Gasteiger partial charge on any atom is -0.505 e. The average Bonchev–Trinajstić information content (AvgIpc) is 3.06. The molecule has 1 N–H and O–H groups in total. The van der Waals surface area contributed by atoms with E-state index in [1.165, 1.54) is 12.1 Å². The first kappa shape index (κ1) is 14.3. The van der Waals surface area contributed by atoms with Crippen molar-refractivity contribution in [3.05, 3.63) is 60.4 Å². The number of ether oxygens (including phenoxy) is 3. The van der Waals surface area contributed by atoms with E-state index in [4.69, 9.17) is 14.2 Å². The summed E-state index contributed by atoms with van der Waals surface area (Å²) < 4.78 is 29.3. The summed E-state index contributed by atoms with van der Waals surface area (Å²) in [5, 5.41) is 9.40. The maximum absolute atomic E-state index is 13.1. The van der Waals surface area contributed by atoms with Crippen LogP contribution >= 0.6 is 0 Å². The van der Waals surface area contributed by atoms with E-state index >= 15 is 0 Å². The Bertz CT molecular complexity index is 913. The average molecular weight is 325 g/mol. The third-order valence-electron chi connectivity index (χ3n) is 3.53. The van der Waals surface area contributed by atoms with Crippen LogP contribution in [0.5, 0.6) is 28.9 Å². The van der Waals surface area contributed by atoms with E-state index in [2.05, 4.69) is 4.98 Å². The van der Waals surface area contributed by atoms with Crippen LogP contribution in [0.15, 0.2) is 54.6 Å². The highest BCUT2D eigenvalue weighted by Crippen LogP contribution is 2.36. The van der Waals surface area contributed by atoms with Crippen LogP contribution in [0.3, 0.4) is 0 Å². The van der Waals surface area contributed by atoms with Crippen molar-refractivity contribution in [2.45, 2.75) is 0 Å². The second-order valence-corrected chi connectivity index (χ2v) is 5.14. The smallest absolute Gasteiger partial charge is 0.231 e. The van der Waals surface area contributed by atoms with Crippen molar-refractivity contribution in [1.82, 2.24) is 4.98 Å². The molecule has 6 heteroatoms. The van der Waals surface area contributed by atoms with Gasteiger partial charge >= 0.3 is 0 Å². The quantitative estimate of drug-likeness (QED) is 0.785. The highest BCUT2D eigenvalue weighted by atomic mass is 19.1. The van der Waals surface area contributed by atoms with Gasteiger partial charge in [0.15, 0.2) is 23.1 Å². The number of nitrogens with zero attached hydrogens (tertiary/aromatic N) is 1. The third kappa shape index (κ3) is 2.69. The van der Waals surface area contributed by atoms with Gasteiger partial charge in [0.1, 0.15) is 5.75 Å². The lowest BCUT2D eigenvalue weighted by molar-refractivity contribution is 0.174. The fraction of sp³-hybridized carbons (Fsp3) is 0.0556. The van der Waals surface area contributed by atoms with Gasteiger partial charge in [-0.2, -0.15) is 0 Å². The zero-order chi connectivity index (χ0) is 16.5. The summed E-state index contributed by atoms with van der Waals surface area (Å²) in [6.45, 7) is 0.212. The summed E-state index contributed by atoms with van der Waals surface area (Å²) in [4.78, 5) is 4.42. The van der Waals surface area contributed by atoms with Crippen LogP contribution < -0.4 is 14.2 Å². The molecule has 0 saturated carbocycles. The minimum atomic E-state index is -0.704. The van der Waals surface area contributed by atoms with Crippen LogP contribution in [0.4, 0.5) is 4.39 Å². The van der Waals surface area contributed by atoms with Gasteiger partial charge in [-0.05, 0) is 36.4 Å². The Kier molecular flexibility index (Phi) is 3.42. The molecule has 0 amide bonds. The Balaban J connectivity index is 1.62. The van der Waals surface area contributed by atoms with Crippen molar-refractivity contribution in [3.63, 3.8) is 0 Å². The van der Waals surface area contributed by atoms with Gasteiger partial charge in [-0.25, -0.2) is 9.37 Å². The van der Waals surface area contributed by atoms with E-state index < -0.39 is 11.6 Å². The van der Waals surface area contributed by atoms with Crippen LogP contribution in [0, 0.1) is 5.82 Å². The van der Waals surface area contributed by atoms with Crippen molar-refractivity contribution in [2.24, 2.45) is 0 Å². The van der Waals surface area contributed by atoms with E-state index in [0.29, 0.717) is 28.8 Å². The molecule has 0 bridgehead atoms. The standard InChI is InChI=1S/C18H12FNO4/c19-13-6-5-12(9-15(13)21)24-18-3-1-2-14(20-18)11-4-7-16-17(8-11)23-10-22-16/h1-9,21H,10H2. The molecule has 120 valence electrons. The number of phenolic OH excluding ortho intramolecular Hbond substituents is 1. The molecule has 1 aliphatic heterocycles. The van der Waals surface area contributed by atoms with Crippen molar-refractivity contribution >= 4 is 0 Å². The summed E-state index contributed by atoms with van der Waals surface area (Å²) in [5.41, 5.74) is 1.55. The molecular weight excluding hydrogens is 313 g/mol. The van der Waals surface area contributed by atoms with Gasteiger partial charge in [0.05, 0.1) is 5.69 Å². The number of phenols is 1. The number of benzene rings is 2. The summed E-state index contributed by atoms with van der Waals surface area (Å²) in [5.74, 6) is 0.821. The number of pyridine rings is 1. The van der Waals surface area contributed by atoms with Crippen LogP contribution in [-0.4, -0.2) is 16.9 Å². The fourth-order valence-corrected chi connectivity index (χ4v) is 2.37. The van der Waals surface area contributed by atoms with E-state index in [1.54, 1.807) is 12.1 Å². The van der Waals surface area contributed by atoms with Gasteiger partial charge in [0, 0.05) is 17.7 Å². The molecule has 0 atom stereocenters. The topological polar surface area (TPSA) is 60.8 Å². The normalized spacial score (nSPS) is 12.2. The molecule has 1 aliphatic rings. The van der Waals surface area contributed by atoms with Crippen molar-refractivity contribution < 1.29 is 23.7 Å². The molecule has 5 nitrogen and oxygen atoms in total. The molecule has 2 aromatic carbocycles. The molecule has 0 fully saturated rings. The predicted molar refractivity (Wildman–Crippen MR) is 83.9 cm³/mol. The maximum Gasteiger partial charge on any atom is 0.231 e. The van der Waals surface area contributed by atoms with Crippen molar-refractivity contribution in [1.29, 1.82) is 0 Å². The molecule has 0 unspecified atom stereocenters. The molecule has 0 saturated heterocycles. The van der Waals surface area contributed by atoms with Gasteiger partial charge in [0.2, 0.25) is 12.7 Å². The summed E-state index contributed by atoms with van der Waals surface area (Å²) in [6.07, 6.45) is 0. The molecule has 1 aromatic heterocycles. The molecule has 3 aromatic rings. The number of halogens is 1. The van der Waals surface area contributed by atoms with E-state index in [0.717, 1.165) is 11.6 Å². The van der Waals surface area contributed by atoms with Crippen LogP contribution in [0.2, 0.25) is 0 Å².